The first kappa shape index (κ1) is 11.0. The highest BCUT2D eigenvalue weighted by atomic mass is 19.3. The van der Waals surface area contributed by atoms with Gasteiger partial charge >= 0.3 is 0 Å². The fourth-order valence-electron chi connectivity index (χ4n) is 1.24. The van der Waals surface area contributed by atoms with Crippen LogP contribution in [0.1, 0.15) is 31.0 Å². The highest BCUT2D eigenvalue weighted by molar-refractivity contribution is 5.30. The number of rotatable bonds is 2. The zero-order chi connectivity index (χ0) is 10.9. The van der Waals surface area contributed by atoms with E-state index in [-0.39, 0.29) is 5.56 Å². The van der Waals surface area contributed by atoms with Crippen molar-refractivity contribution < 1.29 is 13.2 Å². The maximum atomic E-state index is 13.5. The number of benzene rings is 1. The van der Waals surface area contributed by atoms with Crippen molar-refractivity contribution in [3.8, 4) is 0 Å². The fourth-order valence-corrected chi connectivity index (χ4v) is 1.24. The van der Waals surface area contributed by atoms with Crippen LogP contribution >= 0.6 is 0 Å². The van der Waals surface area contributed by atoms with Gasteiger partial charge in [0.25, 0.3) is 5.92 Å². The molecule has 1 aromatic carbocycles. The Morgan fingerprint density at radius 3 is 2.36 bits per heavy atom. The predicted molar refractivity (Wildman–Crippen MR) is 48.6 cm³/mol. The van der Waals surface area contributed by atoms with Crippen molar-refractivity contribution in [2.24, 2.45) is 5.73 Å². The minimum absolute atomic E-state index is 0.115. The summed E-state index contributed by atoms with van der Waals surface area (Å²) in [4.78, 5) is 0. The average Bonchev–Trinajstić information content (AvgIpc) is 2.01. The molecule has 0 unspecified atom stereocenters. The second-order valence-electron chi connectivity index (χ2n) is 3.39. The molecule has 0 amide bonds. The summed E-state index contributed by atoms with van der Waals surface area (Å²) in [5, 5.41) is 0. The first-order valence-electron chi connectivity index (χ1n) is 4.26. The lowest BCUT2D eigenvalue weighted by Gasteiger charge is -2.15. The molecule has 0 aliphatic rings. The van der Waals surface area contributed by atoms with Crippen LogP contribution in [0.15, 0.2) is 18.2 Å². The standard InChI is InChI=1S/C10H12F3N/c1-6(14)7-4-3-5-8(9(7)11)10(2,12)13/h3-6H,14H2,1-2H3/t6-/m1/s1. The smallest absolute Gasteiger partial charge is 0.273 e. The van der Waals surface area contributed by atoms with Crippen molar-refractivity contribution >= 4 is 0 Å². The maximum Gasteiger partial charge on any atom is 0.273 e. The van der Waals surface area contributed by atoms with Crippen LogP contribution in [0.25, 0.3) is 0 Å². The van der Waals surface area contributed by atoms with Crippen LogP contribution in [0.4, 0.5) is 13.2 Å². The van der Waals surface area contributed by atoms with Gasteiger partial charge < -0.3 is 5.73 Å². The molecule has 0 aliphatic heterocycles. The second-order valence-corrected chi connectivity index (χ2v) is 3.39. The van der Waals surface area contributed by atoms with Gasteiger partial charge in [-0.25, -0.2) is 13.2 Å². The van der Waals surface area contributed by atoms with Gasteiger partial charge in [-0.1, -0.05) is 18.2 Å². The third kappa shape index (κ3) is 2.07. The van der Waals surface area contributed by atoms with Crippen molar-refractivity contribution in [2.75, 3.05) is 0 Å². The molecular weight excluding hydrogens is 191 g/mol. The summed E-state index contributed by atoms with van der Waals surface area (Å²) in [5.41, 5.74) is 4.95. The highest BCUT2D eigenvalue weighted by Crippen LogP contribution is 2.31. The van der Waals surface area contributed by atoms with E-state index in [2.05, 4.69) is 0 Å². The Kier molecular flexibility index (Phi) is 2.85. The van der Waals surface area contributed by atoms with Crippen LogP contribution in [-0.4, -0.2) is 0 Å². The van der Waals surface area contributed by atoms with Crippen molar-refractivity contribution in [2.45, 2.75) is 25.8 Å². The molecule has 1 aromatic rings. The van der Waals surface area contributed by atoms with Gasteiger partial charge in [-0.2, -0.15) is 0 Å². The molecule has 1 atom stereocenters. The SMILES string of the molecule is C[C@@H](N)c1cccc(C(C)(F)F)c1F. The zero-order valence-corrected chi connectivity index (χ0v) is 8.02. The molecule has 1 nitrogen and oxygen atoms in total. The predicted octanol–water partition coefficient (Wildman–Crippen LogP) is 2.96. The van der Waals surface area contributed by atoms with E-state index < -0.39 is 23.3 Å². The molecule has 0 saturated carbocycles. The summed E-state index contributed by atoms with van der Waals surface area (Å²) in [6.07, 6.45) is 0. The molecule has 2 N–H and O–H groups in total. The number of halogens is 3. The molecule has 78 valence electrons. The van der Waals surface area contributed by atoms with Crippen LogP contribution < -0.4 is 5.73 Å². The molecule has 4 heteroatoms. The lowest BCUT2D eigenvalue weighted by molar-refractivity contribution is 0.0135. The highest BCUT2D eigenvalue weighted by Gasteiger charge is 2.29. The normalized spacial score (nSPS) is 14.1. The van der Waals surface area contributed by atoms with Gasteiger partial charge in [-0.15, -0.1) is 0 Å². The van der Waals surface area contributed by atoms with E-state index in [0.717, 1.165) is 6.07 Å². The second kappa shape index (κ2) is 3.61. The summed E-state index contributed by atoms with van der Waals surface area (Å²) in [6, 6.07) is 3.28. The van der Waals surface area contributed by atoms with Gasteiger partial charge in [0.15, 0.2) is 0 Å². The van der Waals surface area contributed by atoms with Gasteiger partial charge in [0, 0.05) is 18.5 Å². The lowest BCUT2D eigenvalue weighted by Crippen LogP contribution is -2.14. The lowest BCUT2D eigenvalue weighted by atomic mass is 10.0. The minimum Gasteiger partial charge on any atom is -0.324 e. The molecule has 0 aromatic heterocycles. The van der Waals surface area contributed by atoms with Crippen molar-refractivity contribution in [3.63, 3.8) is 0 Å². The van der Waals surface area contributed by atoms with E-state index in [1.807, 2.05) is 0 Å². The molecule has 1 rings (SSSR count). The van der Waals surface area contributed by atoms with E-state index in [9.17, 15) is 13.2 Å². The van der Waals surface area contributed by atoms with Crippen LogP contribution in [0, 0.1) is 5.82 Å². The molecule has 0 spiro atoms. The third-order valence-corrected chi connectivity index (χ3v) is 1.99. The van der Waals surface area contributed by atoms with Crippen molar-refractivity contribution in [1.82, 2.24) is 0 Å². The Hall–Kier alpha value is -1.03. The van der Waals surface area contributed by atoms with Crippen LogP contribution in [-0.2, 0) is 5.92 Å². The monoisotopic (exact) mass is 203 g/mol. The summed E-state index contributed by atoms with van der Waals surface area (Å²) in [6.45, 7) is 2.21. The van der Waals surface area contributed by atoms with E-state index in [4.69, 9.17) is 5.73 Å². The van der Waals surface area contributed by atoms with E-state index in [0.29, 0.717) is 6.92 Å². The number of nitrogens with two attached hydrogens (primary N) is 1. The molecule has 0 heterocycles. The Balaban J connectivity index is 3.28. The quantitative estimate of drug-likeness (QED) is 0.785. The van der Waals surface area contributed by atoms with Gasteiger partial charge in [0.2, 0.25) is 0 Å². The molecule has 0 radical (unpaired) electrons. The zero-order valence-electron chi connectivity index (χ0n) is 8.02. The molecule has 0 aliphatic carbocycles. The first-order valence-corrected chi connectivity index (χ1v) is 4.26. The van der Waals surface area contributed by atoms with E-state index in [1.54, 1.807) is 6.92 Å². The summed E-state index contributed by atoms with van der Waals surface area (Å²) >= 11 is 0. The van der Waals surface area contributed by atoms with Gasteiger partial charge in [0.05, 0.1) is 5.56 Å². The first-order chi connectivity index (χ1) is 6.34. The topological polar surface area (TPSA) is 26.0 Å². The third-order valence-electron chi connectivity index (χ3n) is 1.99. The maximum absolute atomic E-state index is 13.5. The minimum atomic E-state index is -3.17. The average molecular weight is 203 g/mol. The number of hydrogen-bond donors (Lipinski definition) is 1. The van der Waals surface area contributed by atoms with Gasteiger partial charge in [-0.3, -0.25) is 0 Å². The van der Waals surface area contributed by atoms with E-state index >= 15 is 0 Å². The Labute approximate surface area is 80.7 Å². The molecule has 0 bridgehead atoms. The number of hydrogen-bond acceptors (Lipinski definition) is 1. The molecular formula is C10H12F3N. The van der Waals surface area contributed by atoms with E-state index in [1.165, 1.54) is 12.1 Å². The molecule has 0 fully saturated rings. The largest absolute Gasteiger partial charge is 0.324 e. The van der Waals surface area contributed by atoms with Crippen LogP contribution in [0.3, 0.4) is 0 Å². The molecule has 0 saturated heterocycles. The Morgan fingerprint density at radius 2 is 1.93 bits per heavy atom. The van der Waals surface area contributed by atoms with Gasteiger partial charge in [-0.05, 0) is 6.92 Å². The molecule has 14 heavy (non-hydrogen) atoms. The summed E-state index contributed by atoms with van der Waals surface area (Å²) in [7, 11) is 0. The van der Waals surface area contributed by atoms with Crippen LogP contribution in [0.5, 0.6) is 0 Å². The van der Waals surface area contributed by atoms with Crippen molar-refractivity contribution in [1.29, 1.82) is 0 Å². The van der Waals surface area contributed by atoms with Crippen molar-refractivity contribution in [3.05, 3.63) is 35.1 Å². The van der Waals surface area contributed by atoms with Gasteiger partial charge in [0.1, 0.15) is 5.82 Å². The summed E-state index contributed by atoms with van der Waals surface area (Å²) in [5.74, 6) is -4.08. The fraction of sp³-hybridized carbons (Fsp3) is 0.400. The Morgan fingerprint density at radius 1 is 1.36 bits per heavy atom. The summed E-state index contributed by atoms with van der Waals surface area (Å²) < 4.78 is 39.2. The number of alkyl halides is 2. The Bertz CT molecular complexity index is 329. The van der Waals surface area contributed by atoms with Crippen LogP contribution in [0.2, 0.25) is 0 Å².